The molecular weight excluding hydrogens is 270 g/mol. The third-order valence-electron chi connectivity index (χ3n) is 2.57. The number of esters is 1. The lowest BCUT2D eigenvalue weighted by molar-refractivity contribution is -0.873. The Hall–Kier alpha value is -1.62. The number of allylic oxidation sites excluding steroid dienone is 3. The number of unbranched alkanes of at least 4 members (excludes halogenated alkanes) is 1. The van der Waals surface area contributed by atoms with Crippen molar-refractivity contribution in [3.63, 3.8) is 0 Å². The smallest absolute Gasteiger partial charge is 0.310 e. The first kappa shape index (κ1) is 19.4. The van der Waals surface area contributed by atoms with Gasteiger partial charge in [-0.15, -0.1) is 0 Å². The third-order valence-corrected chi connectivity index (χ3v) is 2.57. The Morgan fingerprint density at radius 3 is 2.33 bits per heavy atom. The van der Waals surface area contributed by atoms with Crippen molar-refractivity contribution in [3.8, 4) is 0 Å². The maximum absolute atomic E-state index is 11.7. The number of carboxylic acid groups (broad SMARTS) is 1. The molecule has 0 aromatic heterocycles. The largest absolute Gasteiger partial charge is 0.550 e. The quantitative estimate of drug-likeness (QED) is 0.343. The molecule has 0 bridgehead atoms. The molecule has 5 nitrogen and oxygen atoms in total. The van der Waals surface area contributed by atoms with Crippen LogP contribution in [0.25, 0.3) is 0 Å². The van der Waals surface area contributed by atoms with Gasteiger partial charge < -0.3 is 19.1 Å². The van der Waals surface area contributed by atoms with Crippen LogP contribution < -0.4 is 5.11 Å². The maximum atomic E-state index is 11.7. The van der Waals surface area contributed by atoms with E-state index in [9.17, 15) is 14.7 Å². The lowest BCUT2D eigenvalue weighted by Gasteiger charge is -2.29. The van der Waals surface area contributed by atoms with Crippen LogP contribution in [0.3, 0.4) is 0 Å². The lowest BCUT2D eigenvalue weighted by atomic mass is 10.2. The predicted octanol–water partition coefficient (Wildman–Crippen LogP) is 1.05. The summed E-state index contributed by atoms with van der Waals surface area (Å²) in [6.07, 6.45) is 8.71. The van der Waals surface area contributed by atoms with Gasteiger partial charge in [-0.3, -0.25) is 4.79 Å². The van der Waals surface area contributed by atoms with Gasteiger partial charge >= 0.3 is 5.97 Å². The number of carbonyl (C=O) groups is 2. The van der Waals surface area contributed by atoms with Gasteiger partial charge in [-0.2, -0.15) is 0 Å². The van der Waals surface area contributed by atoms with Crippen LogP contribution in [-0.4, -0.2) is 50.2 Å². The fourth-order valence-electron chi connectivity index (χ4n) is 1.76. The van der Waals surface area contributed by atoms with E-state index in [-0.39, 0.29) is 12.8 Å². The summed E-state index contributed by atoms with van der Waals surface area (Å²) in [4.78, 5) is 22.4. The Labute approximate surface area is 127 Å². The number of quaternary nitrogens is 1. The predicted molar refractivity (Wildman–Crippen MR) is 80.2 cm³/mol. The van der Waals surface area contributed by atoms with Gasteiger partial charge in [-0.25, -0.2) is 0 Å². The van der Waals surface area contributed by atoms with Crippen LogP contribution in [0.15, 0.2) is 24.3 Å². The minimum absolute atomic E-state index is 0.136. The van der Waals surface area contributed by atoms with Gasteiger partial charge in [0.15, 0.2) is 6.10 Å². The van der Waals surface area contributed by atoms with Gasteiger partial charge in [0.2, 0.25) is 0 Å². The molecule has 1 unspecified atom stereocenters. The van der Waals surface area contributed by atoms with E-state index in [1.807, 2.05) is 33.3 Å². The highest BCUT2D eigenvalue weighted by atomic mass is 16.5. The highest BCUT2D eigenvalue weighted by Crippen LogP contribution is 2.06. The van der Waals surface area contributed by atoms with E-state index in [0.29, 0.717) is 11.0 Å². The molecule has 0 aliphatic heterocycles. The van der Waals surface area contributed by atoms with E-state index >= 15 is 0 Å². The van der Waals surface area contributed by atoms with Crippen molar-refractivity contribution in [1.82, 2.24) is 0 Å². The number of ether oxygens (including phenoxy) is 1. The minimum Gasteiger partial charge on any atom is -0.550 e. The topological polar surface area (TPSA) is 66.4 Å². The third kappa shape index (κ3) is 13.1. The molecule has 0 N–H and O–H groups in total. The second kappa shape index (κ2) is 10.2. The molecule has 0 aromatic carbocycles. The van der Waals surface area contributed by atoms with E-state index < -0.39 is 18.0 Å². The zero-order valence-corrected chi connectivity index (χ0v) is 13.5. The van der Waals surface area contributed by atoms with Crippen molar-refractivity contribution in [1.29, 1.82) is 0 Å². The zero-order valence-electron chi connectivity index (χ0n) is 13.5. The highest BCUT2D eigenvalue weighted by molar-refractivity contribution is 5.72. The Bertz CT molecular complexity index is 380. The molecule has 120 valence electrons. The van der Waals surface area contributed by atoms with Crippen LogP contribution in [0, 0.1) is 0 Å². The zero-order chi connectivity index (χ0) is 16.3. The maximum Gasteiger partial charge on any atom is 0.310 e. The summed E-state index contributed by atoms with van der Waals surface area (Å²) in [5.74, 6) is -1.63. The molecule has 0 amide bonds. The standard InChI is InChI=1S/C16H27NO4/c1-5-6-7-8-9-10-11-16(20)21-14(12-15(18)19)13-17(2,3)4/h7-10,14H,5-6,11-13H2,1-4H3/b8-7+,10-9+. The summed E-state index contributed by atoms with van der Waals surface area (Å²) in [7, 11) is 5.73. The fraction of sp³-hybridized carbons (Fsp3) is 0.625. The summed E-state index contributed by atoms with van der Waals surface area (Å²) in [6.45, 7) is 2.52. The number of hydrogen-bond donors (Lipinski definition) is 0. The molecule has 0 heterocycles. The van der Waals surface area contributed by atoms with Crippen LogP contribution >= 0.6 is 0 Å². The lowest BCUT2D eigenvalue weighted by Crippen LogP contribution is -2.45. The summed E-state index contributed by atoms with van der Waals surface area (Å²) in [6, 6.07) is 0. The molecule has 0 radical (unpaired) electrons. The summed E-state index contributed by atoms with van der Waals surface area (Å²) < 4.78 is 5.73. The van der Waals surface area contributed by atoms with Gasteiger partial charge in [-0.1, -0.05) is 37.6 Å². The molecule has 0 saturated heterocycles. The molecule has 0 aromatic rings. The average Bonchev–Trinajstić information content (AvgIpc) is 2.30. The highest BCUT2D eigenvalue weighted by Gasteiger charge is 2.21. The number of aliphatic carboxylic acids is 1. The second-order valence-electron chi connectivity index (χ2n) is 6.01. The fourth-order valence-corrected chi connectivity index (χ4v) is 1.76. The molecule has 0 aliphatic rings. The molecule has 1 atom stereocenters. The Kier molecular flexibility index (Phi) is 9.37. The van der Waals surface area contributed by atoms with Gasteiger partial charge in [0, 0.05) is 12.4 Å². The Balaban J connectivity index is 4.30. The van der Waals surface area contributed by atoms with Gasteiger partial charge in [-0.05, 0) is 6.42 Å². The first-order valence-corrected chi connectivity index (χ1v) is 7.26. The molecule has 21 heavy (non-hydrogen) atoms. The van der Waals surface area contributed by atoms with Crippen molar-refractivity contribution >= 4 is 11.9 Å². The monoisotopic (exact) mass is 297 g/mol. The van der Waals surface area contributed by atoms with Gasteiger partial charge in [0.1, 0.15) is 6.54 Å². The number of nitrogens with zero attached hydrogens (tertiary/aromatic N) is 1. The molecule has 0 rings (SSSR count). The van der Waals surface area contributed by atoms with E-state index in [0.717, 1.165) is 12.8 Å². The molecule has 0 saturated carbocycles. The van der Waals surface area contributed by atoms with Crippen molar-refractivity contribution in [3.05, 3.63) is 24.3 Å². The average molecular weight is 297 g/mol. The number of likely N-dealkylation sites (N-methyl/N-ethyl adjacent to an activating group) is 1. The van der Waals surface area contributed by atoms with E-state index in [1.54, 1.807) is 12.2 Å². The number of carboxylic acids is 1. The minimum atomic E-state index is -1.21. The first-order valence-electron chi connectivity index (χ1n) is 7.26. The van der Waals surface area contributed by atoms with Crippen LogP contribution in [0.1, 0.15) is 32.6 Å². The van der Waals surface area contributed by atoms with E-state index in [1.165, 1.54) is 0 Å². The summed E-state index contributed by atoms with van der Waals surface area (Å²) in [5, 5.41) is 10.7. The van der Waals surface area contributed by atoms with Crippen molar-refractivity contribution in [2.75, 3.05) is 27.7 Å². The second-order valence-corrected chi connectivity index (χ2v) is 6.01. The molecule has 0 spiro atoms. The van der Waals surface area contributed by atoms with Crippen molar-refractivity contribution in [2.45, 2.75) is 38.7 Å². The van der Waals surface area contributed by atoms with E-state index in [4.69, 9.17) is 4.74 Å². The normalized spacial score (nSPS) is 13.7. The van der Waals surface area contributed by atoms with Crippen LogP contribution in [0.5, 0.6) is 0 Å². The summed E-state index contributed by atoms with van der Waals surface area (Å²) >= 11 is 0. The SMILES string of the molecule is CCC/C=C/C=C/CC(=O)OC(CC(=O)[O-])C[N+](C)(C)C. The Morgan fingerprint density at radius 1 is 1.19 bits per heavy atom. The summed E-state index contributed by atoms with van der Waals surface area (Å²) in [5.41, 5.74) is 0. The van der Waals surface area contributed by atoms with Gasteiger partial charge in [0.25, 0.3) is 0 Å². The number of rotatable bonds is 10. The molecule has 0 aliphatic carbocycles. The Morgan fingerprint density at radius 2 is 1.81 bits per heavy atom. The van der Waals surface area contributed by atoms with Crippen LogP contribution in [0.4, 0.5) is 0 Å². The van der Waals surface area contributed by atoms with Crippen molar-refractivity contribution < 1.29 is 23.9 Å². The number of hydrogen-bond acceptors (Lipinski definition) is 4. The van der Waals surface area contributed by atoms with Crippen LogP contribution in [-0.2, 0) is 14.3 Å². The van der Waals surface area contributed by atoms with Gasteiger partial charge in [0.05, 0.1) is 27.6 Å². The van der Waals surface area contributed by atoms with Crippen LogP contribution in [0.2, 0.25) is 0 Å². The van der Waals surface area contributed by atoms with Crippen molar-refractivity contribution in [2.24, 2.45) is 0 Å². The molecular formula is C16H27NO4. The van der Waals surface area contributed by atoms with E-state index in [2.05, 4.69) is 6.92 Å². The molecule has 5 heteroatoms. The number of carbonyl (C=O) groups excluding carboxylic acids is 2. The first-order chi connectivity index (χ1) is 9.74. The molecule has 0 fully saturated rings.